The van der Waals surface area contributed by atoms with E-state index >= 15 is 0 Å². The lowest BCUT2D eigenvalue weighted by atomic mass is 10.1. The van der Waals surface area contributed by atoms with Gasteiger partial charge in [-0.15, -0.1) is 0 Å². The summed E-state index contributed by atoms with van der Waals surface area (Å²) in [6, 6.07) is 8.01. The minimum absolute atomic E-state index is 0.0263. The Kier molecular flexibility index (Phi) is 4.23. The maximum atomic E-state index is 12.1. The molecule has 106 valence electrons. The van der Waals surface area contributed by atoms with E-state index in [9.17, 15) is 4.79 Å². The Morgan fingerprint density at radius 3 is 2.50 bits per heavy atom. The van der Waals surface area contributed by atoms with E-state index in [2.05, 4.69) is 10.4 Å². The van der Waals surface area contributed by atoms with Crippen LogP contribution in [-0.4, -0.2) is 15.7 Å². The first-order chi connectivity index (χ1) is 9.47. The van der Waals surface area contributed by atoms with Gasteiger partial charge in [-0.25, -0.2) is 0 Å². The highest BCUT2D eigenvalue weighted by Crippen LogP contribution is 2.16. The highest BCUT2D eigenvalue weighted by molar-refractivity contribution is 5.79. The van der Waals surface area contributed by atoms with Crippen LogP contribution < -0.4 is 5.32 Å². The normalized spacial score (nSPS) is 12.2. The van der Waals surface area contributed by atoms with Crippen molar-refractivity contribution in [3.63, 3.8) is 0 Å². The van der Waals surface area contributed by atoms with E-state index in [0.717, 1.165) is 16.8 Å². The summed E-state index contributed by atoms with van der Waals surface area (Å²) in [5, 5.41) is 7.22. The Labute approximate surface area is 119 Å². The number of aryl methyl sites for hydroxylation is 2. The fourth-order valence-corrected chi connectivity index (χ4v) is 2.20. The second-order valence-electron chi connectivity index (χ2n) is 5.26. The van der Waals surface area contributed by atoms with Crippen LogP contribution in [0, 0.1) is 13.8 Å². The molecule has 20 heavy (non-hydrogen) atoms. The van der Waals surface area contributed by atoms with Crippen LogP contribution in [0.4, 0.5) is 0 Å². The zero-order chi connectivity index (χ0) is 14.7. The number of carbonyl (C=O) groups excluding carboxylic acids is 1. The van der Waals surface area contributed by atoms with Gasteiger partial charge in [-0.2, -0.15) is 5.10 Å². The monoisotopic (exact) mass is 271 g/mol. The maximum absolute atomic E-state index is 12.1. The largest absolute Gasteiger partial charge is 0.349 e. The first kappa shape index (κ1) is 14.3. The fraction of sp³-hybridized carbons (Fsp3) is 0.375. The molecule has 0 spiro atoms. The van der Waals surface area contributed by atoms with Gasteiger partial charge in [0.05, 0.1) is 18.7 Å². The van der Waals surface area contributed by atoms with Crippen LogP contribution >= 0.6 is 0 Å². The highest BCUT2D eigenvalue weighted by atomic mass is 16.1. The fourth-order valence-electron chi connectivity index (χ4n) is 2.20. The molecular weight excluding hydrogens is 250 g/mol. The first-order valence-corrected chi connectivity index (χ1v) is 6.80. The van der Waals surface area contributed by atoms with Crippen LogP contribution in [-0.2, 0) is 18.3 Å². The molecule has 1 atom stereocenters. The molecule has 0 aliphatic rings. The number of carbonyl (C=O) groups is 1. The number of aromatic nitrogens is 2. The molecule has 1 amide bonds. The molecule has 2 rings (SSSR count). The SMILES string of the molecule is Cc1ccc(CC(=O)NC(C)c2cnn(C)c2C)cc1. The zero-order valence-corrected chi connectivity index (χ0v) is 12.5. The molecule has 0 fully saturated rings. The molecule has 1 unspecified atom stereocenters. The van der Waals surface area contributed by atoms with Gasteiger partial charge in [0.1, 0.15) is 0 Å². The lowest BCUT2D eigenvalue weighted by Gasteiger charge is -2.14. The van der Waals surface area contributed by atoms with Crippen molar-refractivity contribution < 1.29 is 4.79 Å². The van der Waals surface area contributed by atoms with E-state index in [1.807, 2.05) is 63.0 Å². The van der Waals surface area contributed by atoms with Gasteiger partial charge in [-0.05, 0) is 26.3 Å². The Morgan fingerprint density at radius 2 is 1.95 bits per heavy atom. The molecule has 1 aromatic heterocycles. The topological polar surface area (TPSA) is 46.9 Å². The number of nitrogens with zero attached hydrogens (tertiary/aromatic N) is 2. The molecule has 4 heteroatoms. The molecular formula is C16H21N3O. The minimum Gasteiger partial charge on any atom is -0.349 e. The molecule has 0 saturated carbocycles. The second-order valence-corrected chi connectivity index (χ2v) is 5.26. The number of rotatable bonds is 4. The lowest BCUT2D eigenvalue weighted by molar-refractivity contribution is -0.121. The van der Waals surface area contributed by atoms with E-state index in [-0.39, 0.29) is 11.9 Å². The Bertz CT molecular complexity index is 599. The maximum Gasteiger partial charge on any atom is 0.224 e. The highest BCUT2D eigenvalue weighted by Gasteiger charge is 2.14. The molecule has 0 aliphatic carbocycles. The summed E-state index contributed by atoms with van der Waals surface area (Å²) in [7, 11) is 1.90. The van der Waals surface area contributed by atoms with Crippen molar-refractivity contribution in [1.82, 2.24) is 15.1 Å². The Morgan fingerprint density at radius 1 is 1.30 bits per heavy atom. The van der Waals surface area contributed by atoms with Gasteiger partial charge in [-0.3, -0.25) is 9.48 Å². The van der Waals surface area contributed by atoms with Crippen molar-refractivity contribution in [3.8, 4) is 0 Å². The summed E-state index contributed by atoms with van der Waals surface area (Å²) >= 11 is 0. The average Bonchev–Trinajstić information content (AvgIpc) is 2.73. The Balaban J connectivity index is 1.97. The van der Waals surface area contributed by atoms with Gasteiger partial charge < -0.3 is 5.32 Å². The van der Waals surface area contributed by atoms with Gasteiger partial charge in [-0.1, -0.05) is 29.8 Å². The lowest BCUT2D eigenvalue weighted by Crippen LogP contribution is -2.28. The van der Waals surface area contributed by atoms with Gasteiger partial charge in [0.25, 0.3) is 0 Å². The quantitative estimate of drug-likeness (QED) is 0.928. The predicted molar refractivity (Wildman–Crippen MR) is 79.4 cm³/mol. The van der Waals surface area contributed by atoms with Crippen LogP contribution in [0.1, 0.15) is 35.3 Å². The standard InChI is InChI=1S/C16H21N3O/c1-11-5-7-14(8-6-11)9-16(20)18-12(2)15-10-17-19(4)13(15)3/h5-8,10,12H,9H2,1-4H3,(H,18,20). The van der Waals surface area contributed by atoms with E-state index in [0.29, 0.717) is 6.42 Å². The third-order valence-corrected chi connectivity index (χ3v) is 3.60. The molecule has 1 aromatic carbocycles. The summed E-state index contributed by atoms with van der Waals surface area (Å²) in [4.78, 5) is 12.1. The van der Waals surface area contributed by atoms with Crippen molar-refractivity contribution in [2.75, 3.05) is 0 Å². The summed E-state index contributed by atoms with van der Waals surface area (Å²) in [6.07, 6.45) is 2.22. The van der Waals surface area contributed by atoms with Crippen LogP contribution in [0.15, 0.2) is 30.5 Å². The molecule has 0 radical (unpaired) electrons. The van der Waals surface area contributed by atoms with Crippen molar-refractivity contribution in [3.05, 3.63) is 52.8 Å². The van der Waals surface area contributed by atoms with Crippen molar-refractivity contribution in [2.45, 2.75) is 33.2 Å². The summed E-state index contributed by atoms with van der Waals surface area (Å²) in [5.41, 5.74) is 4.37. The molecule has 1 N–H and O–H groups in total. The molecule has 0 bridgehead atoms. The number of benzene rings is 1. The second kappa shape index (κ2) is 5.90. The summed E-state index contributed by atoms with van der Waals surface area (Å²) in [5.74, 6) is 0.0320. The van der Waals surface area contributed by atoms with E-state index < -0.39 is 0 Å². The molecule has 1 heterocycles. The van der Waals surface area contributed by atoms with Crippen LogP contribution in [0.5, 0.6) is 0 Å². The van der Waals surface area contributed by atoms with E-state index in [1.165, 1.54) is 5.56 Å². The van der Waals surface area contributed by atoms with Gasteiger partial charge in [0.15, 0.2) is 0 Å². The number of hydrogen-bond acceptors (Lipinski definition) is 2. The van der Waals surface area contributed by atoms with Gasteiger partial charge in [0, 0.05) is 18.3 Å². The molecule has 0 aliphatic heterocycles. The summed E-state index contributed by atoms with van der Waals surface area (Å²) in [6.45, 7) is 6.03. The summed E-state index contributed by atoms with van der Waals surface area (Å²) < 4.78 is 1.82. The third-order valence-electron chi connectivity index (χ3n) is 3.60. The first-order valence-electron chi connectivity index (χ1n) is 6.80. The minimum atomic E-state index is -0.0263. The predicted octanol–water partition coefficient (Wildman–Crippen LogP) is 2.46. The molecule has 2 aromatic rings. The van der Waals surface area contributed by atoms with E-state index in [1.54, 1.807) is 0 Å². The Hall–Kier alpha value is -2.10. The average molecular weight is 271 g/mol. The zero-order valence-electron chi connectivity index (χ0n) is 12.5. The number of amides is 1. The molecule has 0 saturated heterocycles. The number of hydrogen-bond donors (Lipinski definition) is 1. The van der Waals surface area contributed by atoms with Crippen LogP contribution in [0.3, 0.4) is 0 Å². The third kappa shape index (κ3) is 3.26. The van der Waals surface area contributed by atoms with Crippen molar-refractivity contribution in [2.24, 2.45) is 7.05 Å². The van der Waals surface area contributed by atoms with Gasteiger partial charge >= 0.3 is 0 Å². The van der Waals surface area contributed by atoms with Gasteiger partial charge in [0.2, 0.25) is 5.91 Å². The number of nitrogens with one attached hydrogen (secondary N) is 1. The van der Waals surface area contributed by atoms with E-state index in [4.69, 9.17) is 0 Å². The van der Waals surface area contributed by atoms with Crippen LogP contribution in [0.25, 0.3) is 0 Å². The molecule has 4 nitrogen and oxygen atoms in total. The van der Waals surface area contributed by atoms with Crippen molar-refractivity contribution in [1.29, 1.82) is 0 Å². The smallest absolute Gasteiger partial charge is 0.224 e. The van der Waals surface area contributed by atoms with Crippen molar-refractivity contribution >= 4 is 5.91 Å². The van der Waals surface area contributed by atoms with Crippen LogP contribution in [0.2, 0.25) is 0 Å².